The third kappa shape index (κ3) is 6.17. The molecule has 5 N–H and O–H groups in total. The van der Waals surface area contributed by atoms with Crippen molar-refractivity contribution in [1.82, 2.24) is 5.32 Å². The van der Waals surface area contributed by atoms with Gasteiger partial charge in [0.05, 0.1) is 0 Å². The Balaban J connectivity index is 3.78. The molecular weight excluding hydrogens is 142 g/mol. The van der Waals surface area contributed by atoms with Gasteiger partial charge in [0.25, 0.3) is 0 Å². The summed E-state index contributed by atoms with van der Waals surface area (Å²) in [5.41, 5.74) is 10.3. The number of allylic oxidation sites excluding steroid dienone is 3. The van der Waals surface area contributed by atoms with Crippen LogP contribution in [0, 0.1) is 0 Å². The molecule has 0 atom stereocenters. The van der Waals surface area contributed by atoms with Gasteiger partial charge in [-0.2, -0.15) is 0 Å². The van der Waals surface area contributed by atoms with Crippen LogP contribution in [0.1, 0.15) is 0 Å². The lowest BCUT2D eigenvalue weighted by atomic mass is 10.4. The number of primary amides is 1. The number of nitrogens with one attached hydrogen (secondary N) is 1. The molecule has 0 aliphatic rings. The molecule has 4 heteroatoms. The molecule has 11 heavy (non-hydrogen) atoms. The van der Waals surface area contributed by atoms with Gasteiger partial charge in [-0.3, -0.25) is 0 Å². The monoisotopic (exact) mass is 153 g/mol. The highest BCUT2D eigenvalue weighted by Gasteiger charge is 1.89. The summed E-state index contributed by atoms with van der Waals surface area (Å²) in [5, 5.41) is 2.28. The molecule has 0 radical (unpaired) electrons. The highest BCUT2D eigenvalue weighted by Crippen LogP contribution is 1.86. The number of carbonyl (C=O) groups excluding carboxylic acids is 1. The predicted molar refractivity (Wildman–Crippen MR) is 44.3 cm³/mol. The number of carbonyl (C=O) groups is 1. The number of hydrogen-bond acceptors (Lipinski definition) is 2. The molecule has 0 fully saturated rings. The SMILES string of the molecule is C=C(/C=C\C=C/N)NC(N)=O. The average molecular weight is 153 g/mol. The van der Waals surface area contributed by atoms with Crippen molar-refractivity contribution in [1.29, 1.82) is 0 Å². The summed E-state index contributed by atoms with van der Waals surface area (Å²) in [7, 11) is 0. The summed E-state index contributed by atoms with van der Waals surface area (Å²) >= 11 is 0. The summed E-state index contributed by atoms with van der Waals surface area (Å²) in [4.78, 5) is 10.2. The third-order valence-electron chi connectivity index (χ3n) is 0.803. The van der Waals surface area contributed by atoms with Gasteiger partial charge in [0.2, 0.25) is 0 Å². The van der Waals surface area contributed by atoms with Gasteiger partial charge in [-0.05, 0) is 18.4 Å². The van der Waals surface area contributed by atoms with E-state index in [4.69, 9.17) is 11.5 Å². The molecule has 0 rings (SSSR count). The Hall–Kier alpha value is -1.71. The maximum Gasteiger partial charge on any atom is 0.316 e. The molecule has 0 spiro atoms. The first-order valence-corrected chi connectivity index (χ1v) is 2.97. The summed E-state index contributed by atoms with van der Waals surface area (Å²) in [6.45, 7) is 3.49. The van der Waals surface area contributed by atoms with Gasteiger partial charge in [-0.15, -0.1) is 0 Å². The van der Waals surface area contributed by atoms with E-state index in [1.54, 1.807) is 18.2 Å². The molecule has 0 aliphatic heterocycles. The third-order valence-corrected chi connectivity index (χ3v) is 0.803. The highest BCUT2D eigenvalue weighted by atomic mass is 16.2. The van der Waals surface area contributed by atoms with Crippen LogP contribution in [-0.2, 0) is 0 Å². The first kappa shape index (κ1) is 9.29. The number of hydrogen-bond donors (Lipinski definition) is 3. The number of urea groups is 1. The Kier molecular flexibility index (Phi) is 4.31. The quantitative estimate of drug-likeness (QED) is 0.506. The van der Waals surface area contributed by atoms with E-state index in [-0.39, 0.29) is 0 Å². The zero-order valence-corrected chi connectivity index (χ0v) is 6.08. The molecular formula is C7H11N3O. The Bertz CT molecular complexity index is 206. The maximum atomic E-state index is 10.2. The van der Waals surface area contributed by atoms with Crippen molar-refractivity contribution < 1.29 is 4.79 Å². The summed E-state index contributed by atoms with van der Waals surface area (Å²) < 4.78 is 0. The van der Waals surface area contributed by atoms with Crippen LogP contribution in [0.25, 0.3) is 0 Å². The van der Waals surface area contributed by atoms with E-state index in [9.17, 15) is 4.79 Å². The van der Waals surface area contributed by atoms with Crippen molar-refractivity contribution in [2.24, 2.45) is 11.5 Å². The molecule has 0 aromatic rings. The van der Waals surface area contributed by atoms with Crippen LogP contribution in [0.4, 0.5) is 4.79 Å². The van der Waals surface area contributed by atoms with E-state index < -0.39 is 6.03 Å². The van der Waals surface area contributed by atoms with Crippen molar-refractivity contribution in [2.45, 2.75) is 0 Å². The molecule has 4 nitrogen and oxygen atoms in total. The normalized spacial score (nSPS) is 10.5. The summed E-state index contributed by atoms with van der Waals surface area (Å²) in [6, 6.07) is -0.628. The predicted octanol–water partition coefficient (Wildman–Crippen LogP) is 0.197. The molecule has 60 valence electrons. The van der Waals surface area contributed by atoms with Crippen molar-refractivity contribution in [3.8, 4) is 0 Å². The topological polar surface area (TPSA) is 81.1 Å². The second-order valence-corrected chi connectivity index (χ2v) is 1.76. The molecule has 2 amide bonds. The number of amides is 2. The molecule has 0 saturated heterocycles. The largest absolute Gasteiger partial charge is 0.405 e. The lowest BCUT2D eigenvalue weighted by Gasteiger charge is -1.96. The van der Waals surface area contributed by atoms with Crippen molar-refractivity contribution in [2.75, 3.05) is 0 Å². The van der Waals surface area contributed by atoms with Gasteiger partial charge >= 0.3 is 6.03 Å². The van der Waals surface area contributed by atoms with E-state index in [0.717, 1.165) is 0 Å². The lowest BCUT2D eigenvalue weighted by Crippen LogP contribution is -2.27. The second kappa shape index (κ2) is 5.10. The Morgan fingerprint density at radius 3 is 2.55 bits per heavy atom. The fraction of sp³-hybridized carbons (Fsp3) is 0. The van der Waals surface area contributed by atoms with Crippen molar-refractivity contribution in [3.05, 3.63) is 36.7 Å². The van der Waals surface area contributed by atoms with Gasteiger partial charge in [-0.25, -0.2) is 4.79 Å². The fourth-order valence-corrected chi connectivity index (χ4v) is 0.436. The first-order chi connectivity index (χ1) is 5.16. The Labute approximate surface area is 65.3 Å². The molecule has 0 aromatic heterocycles. The van der Waals surface area contributed by atoms with E-state index in [0.29, 0.717) is 5.70 Å². The zero-order valence-electron chi connectivity index (χ0n) is 6.08. The average Bonchev–Trinajstić information content (AvgIpc) is 1.86. The molecule has 0 saturated carbocycles. The van der Waals surface area contributed by atoms with Crippen LogP contribution in [-0.4, -0.2) is 6.03 Å². The van der Waals surface area contributed by atoms with Gasteiger partial charge < -0.3 is 16.8 Å². The number of rotatable bonds is 3. The van der Waals surface area contributed by atoms with E-state index in [1.807, 2.05) is 0 Å². The first-order valence-electron chi connectivity index (χ1n) is 2.97. The zero-order chi connectivity index (χ0) is 8.69. The van der Waals surface area contributed by atoms with Crippen LogP contribution in [0.15, 0.2) is 36.7 Å². The Morgan fingerprint density at radius 2 is 2.09 bits per heavy atom. The maximum absolute atomic E-state index is 10.2. The second-order valence-electron chi connectivity index (χ2n) is 1.76. The molecule has 0 bridgehead atoms. The van der Waals surface area contributed by atoms with Crippen LogP contribution >= 0.6 is 0 Å². The van der Waals surface area contributed by atoms with Crippen molar-refractivity contribution >= 4 is 6.03 Å². The van der Waals surface area contributed by atoms with Crippen LogP contribution in [0.5, 0.6) is 0 Å². The van der Waals surface area contributed by atoms with Gasteiger partial charge in [0.15, 0.2) is 0 Å². The molecule has 0 aliphatic carbocycles. The molecule has 0 unspecified atom stereocenters. The van der Waals surface area contributed by atoms with Gasteiger partial charge in [0, 0.05) is 5.70 Å². The van der Waals surface area contributed by atoms with Crippen LogP contribution < -0.4 is 16.8 Å². The van der Waals surface area contributed by atoms with E-state index >= 15 is 0 Å². The summed E-state index contributed by atoms with van der Waals surface area (Å²) in [5.74, 6) is 0. The minimum Gasteiger partial charge on any atom is -0.405 e. The minimum absolute atomic E-state index is 0.426. The van der Waals surface area contributed by atoms with Gasteiger partial charge in [0.1, 0.15) is 0 Å². The molecule has 0 aromatic carbocycles. The van der Waals surface area contributed by atoms with E-state index in [1.165, 1.54) is 6.20 Å². The van der Waals surface area contributed by atoms with Crippen LogP contribution in [0.3, 0.4) is 0 Å². The fourth-order valence-electron chi connectivity index (χ4n) is 0.436. The molecule has 0 heterocycles. The summed E-state index contributed by atoms with van der Waals surface area (Å²) in [6.07, 6.45) is 6.19. The van der Waals surface area contributed by atoms with Crippen LogP contribution in [0.2, 0.25) is 0 Å². The van der Waals surface area contributed by atoms with E-state index in [2.05, 4.69) is 11.9 Å². The Morgan fingerprint density at radius 1 is 1.45 bits per heavy atom. The minimum atomic E-state index is -0.628. The smallest absolute Gasteiger partial charge is 0.316 e. The standard InChI is InChI=1S/C7H11N3O/c1-6(10-7(9)11)4-2-3-5-8/h2-5H,1,8H2,(H3,9,10,11)/b4-2-,5-3-. The van der Waals surface area contributed by atoms with Gasteiger partial charge in [-0.1, -0.05) is 12.7 Å². The lowest BCUT2D eigenvalue weighted by molar-refractivity contribution is 0.251. The van der Waals surface area contributed by atoms with Crippen molar-refractivity contribution in [3.63, 3.8) is 0 Å². The highest BCUT2D eigenvalue weighted by molar-refractivity contribution is 5.74. The number of nitrogens with two attached hydrogens (primary N) is 2.